The van der Waals surface area contributed by atoms with Crippen LogP contribution < -0.4 is 15.0 Å². The first-order valence-corrected chi connectivity index (χ1v) is 10.0. The van der Waals surface area contributed by atoms with Crippen LogP contribution in [0.5, 0.6) is 5.75 Å². The van der Waals surface area contributed by atoms with Gasteiger partial charge in [0.25, 0.3) is 11.8 Å². The van der Waals surface area contributed by atoms with Crippen molar-refractivity contribution >= 4 is 23.2 Å². The van der Waals surface area contributed by atoms with Gasteiger partial charge in [0.2, 0.25) is 0 Å². The Hall–Kier alpha value is -3.60. The second-order valence-corrected chi connectivity index (χ2v) is 7.11. The number of hydrogen-bond acceptors (Lipinski definition) is 3. The summed E-state index contributed by atoms with van der Waals surface area (Å²) in [7, 11) is 0. The molecular formula is C25H26N2O3. The topological polar surface area (TPSA) is 58.6 Å². The van der Waals surface area contributed by atoms with Crippen LogP contribution in [0.4, 0.5) is 11.4 Å². The Morgan fingerprint density at radius 2 is 1.60 bits per heavy atom. The number of hydrogen-bond donors (Lipinski definition) is 1. The highest BCUT2D eigenvalue weighted by Gasteiger charge is 2.16. The van der Waals surface area contributed by atoms with Crippen LogP contribution >= 0.6 is 0 Å². The Kier molecular flexibility index (Phi) is 6.86. The average Bonchev–Trinajstić information content (AvgIpc) is 2.75. The van der Waals surface area contributed by atoms with Gasteiger partial charge in [0.05, 0.1) is 6.10 Å². The van der Waals surface area contributed by atoms with Gasteiger partial charge in [0.15, 0.2) is 0 Å². The number of para-hydroxylation sites is 1. The predicted octanol–water partition coefficient (Wildman–Crippen LogP) is 5.39. The number of nitrogens with one attached hydrogen (secondary N) is 1. The van der Waals surface area contributed by atoms with Crippen molar-refractivity contribution in [2.75, 3.05) is 16.8 Å². The third kappa shape index (κ3) is 5.26. The fraction of sp³-hybridized carbons (Fsp3) is 0.200. The molecule has 0 radical (unpaired) electrons. The molecule has 0 saturated carbocycles. The lowest BCUT2D eigenvalue weighted by Gasteiger charge is -2.21. The van der Waals surface area contributed by atoms with Crippen LogP contribution in [-0.2, 0) is 0 Å². The minimum Gasteiger partial charge on any atom is -0.491 e. The summed E-state index contributed by atoms with van der Waals surface area (Å²) in [6.45, 7) is 6.38. The van der Waals surface area contributed by atoms with Gasteiger partial charge in [-0.25, -0.2) is 0 Å². The molecule has 154 valence electrons. The molecule has 0 aliphatic rings. The number of carbonyl (C=O) groups is 2. The predicted molar refractivity (Wildman–Crippen MR) is 120 cm³/mol. The summed E-state index contributed by atoms with van der Waals surface area (Å²) in [5, 5.41) is 2.86. The van der Waals surface area contributed by atoms with E-state index in [1.54, 1.807) is 53.4 Å². The SMILES string of the molecule is CCN(C(=O)c1cccc(NC(=O)c2ccc(OC(C)C)cc2)c1)c1ccccc1. The molecule has 0 spiro atoms. The van der Waals surface area contributed by atoms with Crippen LogP contribution in [0.15, 0.2) is 78.9 Å². The summed E-state index contributed by atoms with van der Waals surface area (Å²) in [6.07, 6.45) is 0.0727. The maximum atomic E-state index is 13.0. The summed E-state index contributed by atoms with van der Waals surface area (Å²) in [5.74, 6) is 0.357. The van der Waals surface area contributed by atoms with E-state index in [1.165, 1.54) is 0 Å². The number of carbonyl (C=O) groups excluding carboxylic acids is 2. The first kappa shape index (κ1) is 21.1. The fourth-order valence-corrected chi connectivity index (χ4v) is 3.10. The highest BCUT2D eigenvalue weighted by atomic mass is 16.5. The molecule has 3 aromatic rings. The zero-order valence-electron chi connectivity index (χ0n) is 17.5. The number of ether oxygens (including phenoxy) is 1. The smallest absolute Gasteiger partial charge is 0.258 e. The van der Waals surface area contributed by atoms with Crippen LogP contribution in [0.25, 0.3) is 0 Å². The normalized spacial score (nSPS) is 10.5. The van der Waals surface area contributed by atoms with Gasteiger partial charge in [-0.15, -0.1) is 0 Å². The van der Waals surface area contributed by atoms with E-state index in [2.05, 4.69) is 5.32 Å². The quantitative estimate of drug-likeness (QED) is 0.576. The molecule has 0 aromatic heterocycles. The van der Waals surface area contributed by atoms with E-state index in [4.69, 9.17) is 4.74 Å². The van der Waals surface area contributed by atoms with Crippen LogP contribution in [0.2, 0.25) is 0 Å². The molecule has 3 aromatic carbocycles. The molecule has 5 heteroatoms. The highest BCUT2D eigenvalue weighted by molar-refractivity contribution is 6.08. The second-order valence-electron chi connectivity index (χ2n) is 7.11. The van der Waals surface area contributed by atoms with Crippen molar-refractivity contribution < 1.29 is 14.3 Å². The van der Waals surface area contributed by atoms with Gasteiger partial charge in [0, 0.05) is 29.0 Å². The lowest BCUT2D eigenvalue weighted by molar-refractivity contribution is 0.0985. The van der Waals surface area contributed by atoms with Gasteiger partial charge >= 0.3 is 0 Å². The largest absolute Gasteiger partial charge is 0.491 e. The molecule has 0 unspecified atom stereocenters. The Morgan fingerprint density at radius 1 is 0.900 bits per heavy atom. The molecule has 30 heavy (non-hydrogen) atoms. The van der Waals surface area contributed by atoms with E-state index in [-0.39, 0.29) is 17.9 Å². The molecular weight excluding hydrogens is 376 g/mol. The third-order valence-electron chi connectivity index (χ3n) is 4.48. The maximum Gasteiger partial charge on any atom is 0.258 e. The molecule has 1 N–H and O–H groups in total. The van der Waals surface area contributed by atoms with E-state index in [0.29, 0.717) is 23.4 Å². The van der Waals surface area contributed by atoms with E-state index in [0.717, 1.165) is 11.4 Å². The molecule has 0 heterocycles. The summed E-state index contributed by atoms with van der Waals surface area (Å²) in [6, 6.07) is 23.5. The van der Waals surface area contributed by atoms with Crippen molar-refractivity contribution in [3.63, 3.8) is 0 Å². The Morgan fingerprint density at radius 3 is 2.23 bits per heavy atom. The average molecular weight is 402 g/mol. The molecule has 0 aliphatic carbocycles. The van der Waals surface area contributed by atoms with Gasteiger partial charge in [-0.05, 0) is 75.4 Å². The van der Waals surface area contributed by atoms with Crippen molar-refractivity contribution in [2.24, 2.45) is 0 Å². The molecule has 3 rings (SSSR count). The summed E-state index contributed by atoms with van der Waals surface area (Å²) >= 11 is 0. The molecule has 2 amide bonds. The number of nitrogens with zero attached hydrogens (tertiary/aromatic N) is 1. The van der Waals surface area contributed by atoms with Gasteiger partial charge in [-0.1, -0.05) is 24.3 Å². The summed E-state index contributed by atoms with van der Waals surface area (Å²) in [5.41, 5.74) is 2.43. The Labute approximate surface area is 177 Å². The second kappa shape index (κ2) is 9.74. The van der Waals surface area contributed by atoms with E-state index >= 15 is 0 Å². The lowest BCUT2D eigenvalue weighted by Crippen LogP contribution is -2.30. The van der Waals surface area contributed by atoms with Crippen molar-refractivity contribution in [3.05, 3.63) is 90.0 Å². The van der Waals surface area contributed by atoms with E-state index < -0.39 is 0 Å². The minimum absolute atomic E-state index is 0.0727. The number of anilines is 2. The van der Waals surface area contributed by atoms with E-state index in [1.807, 2.05) is 51.1 Å². The first-order valence-electron chi connectivity index (χ1n) is 10.0. The van der Waals surface area contributed by atoms with Crippen molar-refractivity contribution in [2.45, 2.75) is 26.9 Å². The summed E-state index contributed by atoms with van der Waals surface area (Å²) in [4.78, 5) is 27.3. The highest BCUT2D eigenvalue weighted by Crippen LogP contribution is 2.20. The van der Waals surface area contributed by atoms with E-state index in [9.17, 15) is 9.59 Å². The molecule has 0 aliphatic heterocycles. The lowest BCUT2D eigenvalue weighted by atomic mass is 10.1. The van der Waals surface area contributed by atoms with Crippen LogP contribution in [0.3, 0.4) is 0 Å². The number of benzene rings is 3. The van der Waals surface area contributed by atoms with Crippen LogP contribution in [-0.4, -0.2) is 24.5 Å². The van der Waals surface area contributed by atoms with Crippen molar-refractivity contribution in [1.82, 2.24) is 0 Å². The number of rotatable bonds is 7. The summed E-state index contributed by atoms with van der Waals surface area (Å²) < 4.78 is 5.60. The van der Waals surface area contributed by atoms with Crippen molar-refractivity contribution in [3.8, 4) is 5.75 Å². The van der Waals surface area contributed by atoms with Gasteiger partial charge in [0.1, 0.15) is 5.75 Å². The molecule has 0 atom stereocenters. The standard InChI is InChI=1S/C25H26N2O3/c1-4-27(22-11-6-5-7-12-22)25(29)20-9-8-10-21(17-20)26-24(28)19-13-15-23(16-14-19)30-18(2)3/h5-18H,4H2,1-3H3,(H,26,28). The Bertz CT molecular complexity index is 998. The molecule has 0 bridgehead atoms. The monoisotopic (exact) mass is 402 g/mol. The van der Waals surface area contributed by atoms with Crippen LogP contribution in [0.1, 0.15) is 41.5 Å². The Balaban J connectivity index is 1.73. The number of amides is 2. The van der Waals surface area contributed by atoms with Crippen molar-refractivity contribution in [1.29, 1.82) is 0 Å². The van der Waals surface area contributed by atoms with Gasteiger partial charge in [-0.2, -0.15) is 0 Å². The molecule has 0 saturated heterocycles. The van der Waals surface area contributed by atoms with Gasteiger partial charge < -0.3 is 15.0 Å². The maximum absolute atomic E-state index is 13.0. The third-order valence-corrected chi connectivity index (χ3v) is 4.48. The van der Waals surface area contributed by atoms with Gasteiger partial charge in [-0.3, -0.25) is 9.59 Å². The zero-order chi connectivity index (χ0) is 21.5. The zero-order valence-corrected chi connectivity index (χ0v) is 17.5. The molecule has 0 fully saturated rings. The fourth-order valence-electron chi connectivity index (χ4n) is 3.10. The minimum atomic E-state index is -0.244. The first-order chi connectivity index (χ1) is 14.5. The molecule has 5 nitrogen and oxygen atoms in total. The van der Waals surface area contributed by atoms with Crippen LogP contribution in [0, 0.1) is 0 Å².